The zero-order chi connectivity index (χ0) is 22.6. The normalized spacial score (nSPS) is 22.0. The van der Waals surface area contributed by atoms with Gasteiger partial charge in [-0.2, -0.15) is 0 Å². The van der Waals surface area contributed by atoms with E-state index in [-0.39, 0.29) is 29.3 Å². The molecule has 1 saturated carbocycles. The van der Waals surface area contributed by atoms with Crippen LogP contribution in [0.2, 0.25) is 0 Å². The number of hydrogen-bond donors (Lipinski definition) is 1. The molecule has 0 spiro atoms. The second kappa shape index (κ2) is 7.74. The second-order valence-corrected chi connectivity index (χ2v) is 10.6. The van der Waals surface area contributed by atoms with Gasteiger partial charge in [0.2, 0.25) is 11.8 Å². The molecule has 32 heavy (non-hydrogen) atoms. The van der Waals surface area contributed by atoms with E-state index in [2.05, 4.69) is 5.10 Å². The number of aromatic amines is 1. The maximum absolute atomic E-state index is 13.2. The average Bonchev–Trinajstić information content (AvgIpc) is 3.51. The first kappa shape index (κ1) is 21.2. The summed E-state index contributed by atoms with van der Waals surface area (Å²) in [6, 6.07) is 1.89. The van der Waals surface area contributed by atoms with Crippen LogP contribution in [-0.4, -0.2) is 49.3 Å². The summed E-state index contributed by atoms with van der Waals surface area (Å²) in [6.07, 6.45) is 6.64. The van der Waals surface area contributed by atoms with Crippen LogP contribution in [0.25, 0.3) is 5.65 Å². The number of nitrogens with one attached hydrogen (secondary N) is 1. The number of likely N-dealkylation sites (tertiary alicyclic amines) is 1. The first-order valence-corrected chi connectivity index (χ1v) is 12.0. The third kappa shape index (κ3) is 3.53. The molecule has 1 N–H and O–H groups in total. The lowest BCUT2D eigenvalue weighted by atomic mass is 9.93. The Labute approximate surface area is 188 Å². The molecule has 2 aromatic heterocycles. The summed E-state index contributed by atoms with van der Waals surface area (Å²) in [5, 5.41) is 3.26. The minimum atomic E-state index is -0.463. The Morgan fingerprint density at radius 3 is 2.56 bits per heavy atom. The topological polar surface area (TPSA) is 90.8 Å². The van der Waals surface area contributed by atoms with E-state index in [1.54, 1.807) is 4.90 Å². The molecule has 4 heterocycles. The Morgan fingerprint density at radius 2 is 1.84 bits per heavy atom. The molecular weight excluding hydrogens is 406 g/mol. The largest absolute Gasteiger partial charge is 0.336 e. The van der Waals surface area contributed by atoms with Gasteiger partial charge in [-0.25, -0.2) is 9.50 Å². The molecule has 172 valence electrons. The molecule has 1 aliphatic carbocycles. The van der Waals surface area contributed by atoms with Crippen LogP contribution < -0.4 is 5.56 Å². The highest BCUT2D eigenvalue weighted by atomic mass is 16.2. The highest BCUT2D eigenvalue weighted by molar-refractivity contribution is 5.82. The lowest BCUT2D eigenvalue weighted by Crippen LogP contribution is -2.44. The fourth-order valence-electron chi connectivity index (χ4n) is 5.59. The van der Waals surface area contributed by atoms with E-state index in [1.807, 2.05) is 31.7 Å². The molecule has 1 atom stereocenters. The van der Waals surface area contributed by atoms with Crippen LogP contribution in [0, 0.1) is 11.3 Å². The second-order valence-electron chi connectivity index (χ2n) is 10.6. The van der Waals surface area contributed by atoms with Gasteiger partial charge in [-0.05, 0) is 32.1 Å². The van der Waals surface area contributed by atoms with Crippen molar-refractivity contribution < 1.29 is 9.59 Å². The van der Waals surface area contributed by atoms with Crippen LogP contribution in [0.3, 0.4) is 0 Å². The van der Waals surface area contributed by atoms with Gasteiger partial charge in [0.25, 0.3) is 5.56 Å². The number of rotatable bonds is 2. The van der Waals surface area contributed by atoms with E-state index in [1.165, 1.54) is 4.52 Å². The van der Waals surface area contributed by atoms with Gasteiger partial charge < -0.3 is 9.80 Å². The van der Waals surface area contributed by atoms with E-state index in [9.17, 15) is 14.4 Å². The lowest BCUT2D eigenvalue weighted by Gasteiger charge is -2.32. The lowest BCUT2D eigenvalue weighted by molar-refractivity contribution is -0.140. The SMILES string of the molecule is CC(C)(C)C(=O)N1CCc2c(nc3cc([C@@H]4CCCN4C(=O)C4CCCC4)[nH]n3c2=O)C1. The molecule has 1 saturated heterocycles. The predicted octanol–water partition coefficient (Wildman–Crippen LogP) is 2.81. The molecule has 0 bridgehead atoms. The van der Waals surface area contributed by atoms with Crippen LogP contribution in [0.5, 0.6) is 0 Å². The fourth-order valence-corrected chi connectivity index (χ4v) is 5.59. The minimum Gasteiger partial charge on any atom is -0.336 e. The Bertz CT molecular complexity index is 1120. The molecule has 2 aromatic rings. The summed E-state index contributed by atoms with van der Waals surface area (Å²) < 4.78 is 1.52. The van der Waals surface area contributed by atoms with Crippen LogP contribution in [0.15, 0.2) is 10.9 Å². The van der Waals surface area contributed by atoms with E-state index in [0.717, 1.165) is 50.8 Å². The molecular formula is C24H33N5O3. The van der Waals surface area contributed by atoms with Crippen molar-refractivity contribution >= 4 is 17.5 Å². The zero-order valence-corrected chi connectivity index (χ0v) is 19.3. The molecule has 2 aliphatic heterocycles. The fraction of sp³-hybridized carbons (Fsp3) is 0.667. The zero-order valence-electron chi connectivity index (χ0n) is 19.3. The maximum atomic E-state index is 13.2. The van der Waals surface area contributed by atoms with Crippen LogP contribution in [0.1, 0.15) is 82.3 Å². The quantitative estimate of drug-likeness (QED) is 0.779. The number of fused-ring (bicyclic) bond motifs is 2. The molecule has 8 nitrogen and oxygen atoms in total. The number of nitrogens with zero attached hydrogens (tertiary/aromatic N) is 4. The molecule has 3 aliphatic rings. The summed E-state index contributed by atoms with van der Waals surface area (Å²) in [7, 11) is 0. The molecule has 0 aromatic carbocycles. The third-order valence-corrected chi connectivity index (χ3v) is 7.31. The monoisotopic (exact) mass is 439 g/mol. The molecule has 0 radical (unpaired) electrons. The van der Waals surface area contributed by atoms with E-state index < -0.39 is 5.41 Å². The number of carbonyl (C=O) groups is 2. The third-order valence-electron chi connectivity index (χ3n) is 7.31. The average molecular weight is 440 g/mol. The standard InChI is InChI=1S/C24H33N5O3/c1-24(2,3)23(32)27-12-10-16-18(14-27)25-20-13-17(26-29(20)22(16)31)19-9-6-11-28(19)21(30)15-7-4-5-8-15/h13,15,19,26H,4-12,14H2,1-3H3/t19-/m0/s1. The Hall–Kier alpha value is -2.64. The van der Waals surface area contributed by atoms with Gasteiger partial charge >= 0.3 is 0 Å². The van der Waals surface area contributed by atoms with Gasteiger partial charge in [0.15, 0.2) is 5.65 Å². The van der Waals surface area contributed by atoms with Gasteiger partial charge in [-0.3, -0.25) is 19.5 Å². The molecule has 5 rings (SSSR count). The van der Waals surface area contributed by atoms with E-state index in [0.29, 0.717) is 36.4 Å². The van der Waals surface area contributed by atoms with E-state index in [4.69, 9.17) is 4.98 Å². The summed E-state index contributed by atoms with van der Waals surface area (Å²) in [5.41, 5.74) is 2.26. The van der Waals surface area contributed by atoms with Crippen molar-refractivity contribution in [1.29, 1.82) is 0 Å². The van der Waals surface area contributed by atoms with Crippen molar-refractivity contribution in [3.05, 3.63) is 33.4 Å². The van der Waals surface area contributed by atoms with Crippen LogP contribution in [0.4, 0.5) is 0 Å². The van der Waals surface area contributed by atoms with Crippen molar-refractivity contribution in [2.45, 2.75) is 78.3 Å². The van der Waals surface area contributed by atoms with Gasteiger partial charge in [0.1, 0.15) is 0 Å². The Balaban J connectivity index is 1.45. The van der Waals surface area contributed by atoms with Gasteiger partial charge in [0.05, 0.1) is 24.0 Å². The summed E-state index contributed by atoms with van der Waals surface area (Å²) in [6.45, 7) is 7.41. The smallest absolute Gasteiger partial charge is 0.276 e. The Kier molecular flexibility index (Phi) is 5.13. The maximum Gasteiger partial charge on any atom is 0.276 e. The molecule has 8 heteroatoms. The summed E-state index contributed by atoms with van der Waals surface area (Å²) in [5.74, 6) is 0.492. The minimum absolute atomic E-state index is 0.0276. The first-order valence-electron chi connectivity index (χ1n) is 12.0. The molecule has 0 unspecified atom stereocenters. The van der Waals surface area contributed by atoms with Gasteiger partial charge in [0, 0.05) is 36.1 Å². The summed E-state index contributed by atoms with van der Waals surface area (Å²) in [4.78, 5) is 47.6. The number of H-pyrrole nitrogens is 1. The van der Waals surface area contributed by atoms with Crippen LogP contribution in [-0.2, 0) is 22.6 Å². The first-order chi connectivity index (χ1) is 15.2. The van der Waals surface area contributed by atoms with Gasteiger partial charge in [-0.15, -0.1) is 0 Å². The van der Waals surface area contributed by atoms with Crippen molar-refractivity contribution in [2.24, 2.45) is 11.3 Å². The van der Waals surface area contributed by atoms with Gasteiger partial charge in [-0.1, -0.05) is 33.6 Å². The van der Waals surface area contributed by atoms with Crippen molar-refractivity contribution in [3.8, 4) is 0 Å². The summed E-state index contributed by atoms with van der Waals surface area (Å²) >= 11 is 0. The number of aromatic nitrogens is 3. The van der Waals surface area contributed by atoms with E-state index >= 15 is 0 Å². The molecule has 2 amide bonds. The predicted molar refractivity (Wildman–Crippen MR) is 120 cm³/mol. The Morgan fingerprint density at radius 1 is 1.09 bits per heavy atom. The van der Waals surface area contributed by atoms with Crippen molar-refractivity contribution in [2.75, 3.05) is 13.1 Å². The number of carbonyl (C=O) groups excluding carboxylic acids is 2. The highest BCUT2D eigenvalue weighted by Gasteiger charge is 2.36. The number of amides is 2. The van der Waals surface area contributed by atoms with Crippen LogP contribution >= 0.6 is 0 Å². The van der Waals surface area contributed by atoms with Crippen molar-refractivity contribution in [3.63, 3.8) is 0 Å². The number of hydrogen-bond acceptors (Lipinski definition) is 4. The van der Waals surface area contributed by atoms with Crippen molar-refractivity contribution in [1.82, 2.24) is 24.4 Å². The highest BCUT2D eigenvalue weighted by Crippen LogP contribution is 2.36. The molecule has 2 fully saturated rings.